The standard InChI is InChI=1S/C11H14N2O4S2/c14-5-6-8-9(19-4-3-18-8)10(17-6)13-2-1-7(15)12-11(13)16/h1-2,6,8-10,14H,3-5H2,(H,12,15,16)/t6-,8-,9-,10-/m1/s1. The van der Waals surface area contributed by atoms with Crippen molar-refractivity contribution in [1.82, 2.24) is 9.55 Å². The Morgan fingerprint density at radius 2 is 2.11 bits per heavy atom. The van der Waals surface area contributed by atoms with Gasteiger partial charge in [0.05, 0.1) is 18.0 Å². The summed E-state index contributed by atoms with van der Waals surface area (Å²) >= 11 is 3.54. The molecule has 104 valence electrons. The third-order valence-corrected chi connectivity index (χ3v) is 6.50. The van der Waals surface area contributed by atoms with E-state index >= 15 is 0 Å². The van der Waals surface area contributed by atoms with Gasteiger partial charge in [0.15, 0.2) is 6.23 Å². The summed E-state index contributed by atoms with van der Waals surface area (Å²) in [5.74, 6) is 2.03. The molecule has 0 saturated carbocycles. The van der Waals surface area contributed by atoms with Crippen LogP contribution in [0.25, 0.3) is 0 Å². The zero-order valence-corrected chi connectivity index (χ0v) is 11.7. The molecule has 3 heterocycles. The summed E-state index contributed by atoms with van der Waals surface area (Å²) in [4.78, 5) is 25.2. The molecule has 2 aliphatic rings. The Morgan fingerprint density at radius 3 is 2.79 bits per heavy atom. The van der Waals surface area contributed by atoms with Crippen LogP contribution in [0.2, 0.25) is 0 Å². The van der Waals surface area contributed by atoms with Crippen LogP contribution in [0.1, 0.15) is 6.23 Å². The highest BCUT2D eigenvalue weighted by Crippen LogP contribution is 2.45. The minimum atomic E-state index is -0.467. The van der Waals surface area contributed by atoms with E-state index in [2.05, 4.69) is 4.98 Å². The summed E-state index contributed by atoms with van der Waals surface area (Å²) in [5, 5.41) is 9.70. The number of rotatable bonds is 2. The number of fused-ring (bicyclic) bond motifs is 1. The third kappa shape index (κ3) is 2.37. The van der Waals surface area contributed by atoms with Gasteiger partial charge in [0.2, 0.25) is 0 Å². The zero-order valence-electron chi connectivity index (χ0n) is 10.0. The SMILES string of the molecule is O=c1ccn([C@@H]2O[C@H](CO)[C@H]3SCCS[C@H]32)c(=O)[nH]1. The topological polar surface area (TPSA) is 84.3 Å². The lowest BCUT2D eigenvalue weighted by atomic mass is 10.2. The maximum absolute atomic E-state index is 11.8. The van der Waals surface area contributed by atoms with Crippen LogP contribution in [0.4, 0.5) is 0 Å². The quantitative estimate of drug-likeness (QED) is 0.776. The molecule has 1 aromatic heterocycles. The van der Waals surface area contributed by atoms with Gasteiger partial charge in [0, 0.05) is 29.0 Å². The molecule has 6 nitrogen and oxygen atoms in total. The van der Waals surface area contributed by atoms with Gasteiger partial charge in [-0.3, -0.25) is 14.3 Å². The Labute approximate surface area is 117 Å². The van der Waals surface area contributed by atoms with Crippen molar-refractivity contribution in [2.45, 2.75) is 22.8 Å². The van der Waals surface area contributed by atoms with Gasteiger partial charge in [0.25, 0.3) is 5.56 Å². The summed E-state index contributed by atoms with van der Waals surface area (Å²) in [6.45, 7) is -0.0523. The summed E-state index contributed by atoms with van der Waals surface area (Å²) in [7, 11) is 0. The first-order valence-corrected chi connectivity index (χ1v) is 8.11. The molecule has 19 heavy (non-hydrogen) atoms. The largest absolute Gasteiger partial charge is 0.394 e. The molecular formula is C11H14N2O4S2. The fourth-order valence-corrected chi connectivity index (χ4v) is 5.65. The van der Waals surface area contributed by atoms with E-state index in [9.17, 15) is 14.7 Å². The fourth-order valence-electron chi connectivity index (χ4n) is 2.45. The molecule has 2 fully saturated rings. The van der Waals surface area contributed by atoms with Crippen LogP contribution < -0.4 is 11.2 Å². The molecule has 1 aromatic rings. The van der Waals surface area contributed by atoms with Crippen LogP contribution >= 0.6 is 23.5 Å². The van der Waals surface area contributed by atoms with Crippen LogP contribution in [0, 0.1) is 0 Å². The van der Waals surface area contributed by atoms with Gasteiger partial charge < -0.3 is 9.84 Å². The zero-order chi connectivity index (χ0) is 13.4. The van der Waals surface area contributed by atoms with Crippen molar-refractivity contribution >= 4 is 23.5 Å². The number of nitrogens with one attached hydrogen (secondary N) is 1. The van der Waals surface area contributed by atoms with Crippen LogP contribution in [0.3, 0.4) is 0 Å². The van der Waals surface area contributed by atoms with E-state index in [-0.39, 0.29) is 23.2 Å². The summed E-state index contributed by atoms with van der Waals surface area (Å²) < 4.78 is 7.22. The van der Waals surface area contributed by atoms with Crippen molar-refractivity contribution in [3.63, 3.8) is 0 Å². The summed E-state index contributed by atoms with van der Waals surface area (Å²) in [5.41, 5.74) is -0.883. The van der Waals surface area contributed by atoms with Gasteiger partial charge in [-0.2, -0.15) is 23.5 Å². The number of aliphatic hydroxyl groups excluding tert-OH is 1. The monoisotopic (exact) mass is 302 g/mol. The molecule has 0 aliphatic carbocycles. The normalized spacial score (nSPS) is 34.2. The van der Waals surface area contributed by atoms with Crippen LogP contribution in [0.15, 0.2) is 21.9 Å². The molecule has 2 aliphatic heterocycles. The Kier molecular flexibility index (Phi) is 3.75. The van der Waals surface area contributed by atoms with E-state index in [1.807, 2.05) is 0 Å². The second kappa shape index (κ2) is 5.35. The first kappa shape index (κ1) is 13.3. The summed E-state index contributed by atoms with van der Waals surface area (Å²) in [6, 6.07) is 1.31. The molecule has 8 heteroatoms. The van der Waals surface area contributed by atoms with Gasteiger partial charge in [-0.15, -0.1) is 0 Å². The maximum atomic E-state index is 11.8. The summed E-state index contributed by atoms with van der Waals surface area (Å²) in [6.07, 6.45) is 0.776. The number of hydrogen-bond donors (Lipinski definition) is 2. The highest BCUT2D eigenvalue weighted by Gasteiger charge is 2.47. The van der Waals surface area contributed by atoms with E-state index in [4.69, 9.17) is 4.74 Å². The number of hydrogen-bond acceptors (Lipinski definition) is 6. The number of ether oxygens (including phenoxy) is 1. The molecule has 3 rings (SSSR count). The van der Waals surface area contributed by atoms with E-state index in [0.717, 1.165) is 11.5 Å². The molecule has 0 unspecified atom stereocenters. The number of aliphatic hydroxyl groups is 1. The average Bonchev–Trinajstić information content (AvgIpc) is 2.78. The number of thioether (sulfide) groups is 2. The Hall–Kier alpha value is -0.700. The molecule has 2 saturated heterocycles. The van der Waals surface area contributed by atoms with Gasteiger partial charge >= 0.3 is 5.69 Å². The highest BCUT2D eigenvalue weighted by atomic mass is 32.2. The van der Waals surface area contributed by atoms with Crippen molar-refractivity contribution in [3.8, 4) is 0 Å². The predicted molar refractivity (Wildman–Crippen MR) is 74.8 cm³/mol. The molecule has 0 radical (unpaired) electrons. The van der Waals surface area contributed by atoms with Gasteiger partial charge in [-0.1, -0.05) is 0 Å². The molecule has 0 aromatic carbocycles. The molecular weight excluding hydrogens is 288 g/mol. The highest BCUT2D eigenvalue weighted by molar-refractivity contribution is 8.07. The van der Waals surface area contributed by atoms with Crippen molar-refractivity contribution in [2.24, 2.45) is 0 Å². The number of aromatic nitrogens is 2. The van der Waals surface area contributed by atoms with Gasteiger partial charge in [0.1, 0.15) is 0 Å². The predicted octanol–water partition coefficient (Wildman–Crippen LogP) is -0.357. The average molecular weight is 302 g/mol. The van der Waals surface area contributed by atoms with Crippen molar-refractivity contribution < 1.29 is 9.84 Å². The number of aromatic amines is 1. The first-order valence-electron chi connectivity index (χ1n) is 6.01. The lowest BCUT2D eigenvalue weighted by Gasteiger charge is -2.27. The van der Waals surface area contributed by atoms with Crippen molar-refractivity contribution in [3.05, 3.63) is 33.1 Å². The fraction of sp³-hybridized carbons (Fsp3) is 0.636. The van der Waals surface area contributed by atoms with Crippen molar-refractivity contribution in [1.29, 1.82) is 0 Å². The Morgan fingerprint density at radius 1 is 1.37 bits per heavy atom. The van der Waals surface area contributed by atoms with E-state index in [1.165, 1.54) is 16.8 Å². The molecule has 2 N–H and O–H groups in total. The van der Waals surface area contributed by atoms with E-state index < -0.39 is 17.5 Å². The van der Waals surface area contributed by atoms with Gasteiger partial charge in [-0.25, -0.2) is 4.79 Å². The second-order valence-corrected chi connectivity index (χ2v) is 7.01. The lowest BCUT2D eigenvalue weighted by Crippen LogP contribution is -2.37. The minimum absolute atomic E-state index is 0.0523. The van der Waals surface area contributed by atoms with Crippen molar-refractivity contribution in [2.75, 3.05) is 18.1 Å². The molecule has 0 amide bonds. The number of H-pyrrole nitrogens is 1. The maximum Gasteiger partial charge on any atom is 0.330 e. The van der Waals surface area contributed by atoms with Crippen LogP contribution in [0.5, 0.6) is 0 Å². The first-order chi connectivity index (χ1) is 9.20. The smallest absolute Gasteiger partial charge is 0.330 e. The Bertz CT molecular complexity index is 572. The molecule has 4 atom stereocenters. The minimum Gasteiger partial charge on any atom is -0.394 e. The number of nitrogens with zero attached hydrogens (tertiary/aromatic N) is 1. The van der Waals surface area contributed by atoms with Crippen LogP contribution in [-0.4, -0.2) is 49.4 Å². The van der Waals surface area contributed by atoms with Crippen LogP contribution in [-0.2, 0) is 4.74 Å². The lowest BCUT2D eigenvalue weighted by molar-refractivity contribution is -0.0224. The third-order valence-electron chi connectivity index (χ3n) is 3.29. The Balaban J connectivity index is 1.95. The molecule has 0 spiro atoms. The second-order valence-electron chi connectivity index (χ2n) is 4.44. The van der Waals surface area contributed by atoms with Gasteiger partial charge in [-0.05, 0) is 0 Å². The molecule has 0 bridgehead atoms. The van der Waals surface area contributed by atoms with E-state index in [0.29, 0.717) is 0 Å². The van der Waals surface area contributed by atoms with E-state index in [1.54, 1.807) is 23.5 Å².